The third kappa shape index (κ3) is 3.67. The molecule has 4 aromatic rings. The van der Waals surface area contributed by atoms with Gasteiger partial charge in [-0.3, -0.25) is 4.79 Å². The minimum atomic E-state index is -0.399. The van der Waals surface area contributed by atoms with Crippen LogP contribution in [0.15, 0.2) is 54.6 Å². The first kappa shape index (κ1) is 19.7. The molecule has 0 unspecified atom stereocenters. The molecule has 0 aliphatic carbocycles. The number of benzene rings is 2. The molecule has 1 amide bonds. The molecule has 0 saturated carbocycles. The van der Waals surface area contributed by atoms with Crippen LogP contribution in [0.1, 0.15) is 16.2 Å². The van der Waals surface area contributed by atoms with Crippen molar-refractivity contribution in [3.63, 3.8) is 0 Å². The van der Waals surface area contributed by atoms with Crippen molar-refractivity contribution in [1.29, 1.82) is 0 Å². The van der Waals surface area contributed by atoms with Crippen LogP contribution in [0.5, 0.6) is 11.5 Å². The van der Waals surface area contributed by atoms with Gasteiger partial charge in [-0.05, 0) is 13.0 Å². The van der Waals surface area contributed by atoms with Crippen molar-refractivity contribution in [2.45, 2.75) is 6.92 Å². The van der Waals surface area contributed by atoms with Crippen molar-refractivity contribution in [1.82, 2.24) is 14.6 Å². The number of fused-ring (bicyclic) bond motifs is 1. The van der Waals surface area contributed by atoms with E-state index in [4.69, 9.17) is 21.1 Å². The van der Waals surface area contributed by atoms with E-state index in [0.717, 1.165) is 17.0 Å². The SMILES string of the molecule is COc1cc(NC(=O)c2cc3nc(-c4ccccc4)cc(C)n3n2)c(OC)cc1Cl. The zero-order chi connectivity index (χ0) is 21.3. The van der Waals surface area contributed by atoms with Crippen LogP contribution >= 0.6 is 11.6 Å². The summed E-state index contributed by atoms with van der Waals surface area (Å²) >= 11 is 6.13. The Labute approximate surface area is 178 Å². The molecular formula is C22H19ClN4O3. The second-order valence-corrected chi connectivity index (χ2v) is 7.00. The first-order chi connectivity index (χ1) is 14.5. The van der Waals surface area contributed by atoms with Gasteiger partial charge in [-0.1, -0.05) is 41.9 Å². The maximum atomic E-state index is 12.9. The average molecular weight is 423 g/mol. The van der Waals surface area contributed by atoms with Crippen LogP contribution in [-0.4, -0.2) is 34.7 Å². The standard InChI is InChI=1S/C22H19ClN4O3/c1-13-9-16(14-7-5-4-6-8-14)24-21-12-18(26-27(13)21)22(28)25-17-11-19(29-2)15(23)10-20(17)30-3/h4-12H,1-3H3,(H,25,28). The van der Waals surface area contributed by atoms with Gasteiger partial charge in [0.05, 0.1) is 30.6 Å². The van der Waals surface area contributed by atoms with Crippen LogP contribution in [0.25, 0.3) is 16.9 Å². The minimum absolute atomic E-state index is 0.229. The number of ether oxygens (including phenoxy) is 2. The Balaban J connectivity index is 1.69. The Kier molecular flexibility index (Phi) is 5.29. The Morgan fingerprint density at radius 2 is 1.77 bits per heavy atom. The largest absolute Gasteiger partial charge is 0.495 e. The van der Waals surface area contributed by atoms with Crippen molar-refractivity contribution < 1.29 is 14.3 Å². The predicted molar refractivity (Wildman–Crippen MR) is 116 cm³/mol. The van der Waals surface area contributed by atoms with E-state index in [1.165, 1.54) is 14.2 Å². The average Bonchev–Trinajstić information content (AvgIpc) is 3.20. The smallest absolute Gasteiger partial charge is 0.276 e. The van der Waals surface area contributed by atoms with Gasteiger partial charge in [0.1, 0.15) is 11.5 Å². The molecule has 2 aromatic heterocycles. The van der Waals surface area contributed by atoms with Crippen molar-refractivity contribution in [3.8, 4) is 22.8 Å². The van der Waals surface area contributed by atoms with E-state index < -0.39 is 5.91 Å². The molecular weight excluding hydrogens is 404 g/mol. The molecule has 0 atom stereocenters. The lowest BCUT2D eigenvalue weighted by Crippen LogP contribution is -2.13. The summed E-state index contributed by atoms with van der Waals surface area (Å²) in [5, 5.41) is 7.59. The number of hydrogen-bond donors (Lipinski definition) is 1. The van der Waals surface area contributed by atoms with Gasteiger partial charge in [-0.15, -0.1) is 0 Å². The highest BCUT2D eigenvalue weighted by molar-refractivity contribution is 6.32. The molecule has 8 heteroatoms. The number of carbonyl (C=O) groups is 1. The molecule has 0 fully saturated rings. The molecule has 7 nitrogen and oxygen atoms in total. The van der Waals surface area contributed by atoms with Crippen molar-refractivity contribution in [2.75, 3.05) is 19.5 Å². The summed E-state index contributed by atoms with van der Waals surface area (Å²) in [6.45, 7) is 1.92. The molecule has 2 aromatic carbocycles. The summed E-state index contributed by atoms with van der Waals surface area (Å²) in [6, 6.07) is 16.6. The van der Waals surface area contributed by atoms with Crippen molar-refractivity contribution in [3.05, 3.63) is 71.0 Å². The summed E-state index contributed by atoms with van der Waals surface area (Å²) in [4.78, 5) is 17.5. The number of hydrogen-bond acceptors (Lipinski definition) is 5. The Hall–Kier alpha value is -3.58. The number of amides is 1. The van der Waals surface area contributed by atoms with E-state index in [1.807, 2.05) is 43.3 Å². The molecule has 0 bridgehead atoms. The van der Waals surface area contributed by atoms with Gasteiger partial charge in [0.25, 0.3) is 5.91 Å². The van der Waals surface area contributed by atoms with E-state index in [9.17, 15) is 4.79 Å². The third-order valence-corrected chi connectivity index (χ3v) is 4.92. The maximum absolute atomic E-state index is 12.9. The molecule has 152 valence electrons. The van der Waals surface area contributed by atoms with Crippen molar-refractivity contribution in [2.24, 2.45) is 0 Å². The summed E-state index contributed by atoms with van der Waals surface area (Å²) in [5.41, 5.74) is 3.91. The monoisotopic (exact) mass is 422 g/mol. The molecule has 1 N–H and O–H groups in total. The number of nitrogens with zero attached hydrogens (tertiary/aromatic N) is 3. The molecule has 30 heavy (non-hydrogen) atoms. The Bertz CT molecular complexity index is 1240. The van der Waals surface area contributed by atoms with Gasteiger partial charge < -0.3 is 14.8 Å². The zero-order valence-corrected chi connectivity index (χ0v) is 17.4. The topological polar surface area (TPSA) is 77.8 Å². The van der Waals surface area contributed by atoms with Gasteiger partial charge in [-0.2, -0.15) is 5.10 Å². The molecule has 0 radical (unpaired) electrons. The number of aromatic nitrogens is 3. The lowest BCUT2D eigenvalue weighted by molar-refractivity contribution is 0.102. The summed E-state index contributed by atoms with van der Waals surface area (Å²) in [5.74, 6) is 0.440. The summed E-state index contributed by atoms with van der Waals surface area (Å²) < 4.78 is 12.2. The van der Waals surface area contributed by atoms with E-state index in [0.29, 0.717) is 27.9 Å². The second-order valence-electron chi connectivity index (χ2n) is 6.59. The molecule has 4 rings (SSSR count). The lowest BCUT2D eigenvalue weighted by Gasteiger charge is -2.12. The van der Waals surface area contributed by atoms with Gasteiger partial charge in [-0.25, -0.2) is 9.50 Å². The normalized spacial score (nSPS) is 10.8. The molecule has 0 aliphatic rings. The maximum Gasteiger partial charge on any atom is 0.276 e. The van der Waals surface area contributed by atoms with Crippen LogP contribution in [0.3, 0.4) is 0 Å². The van der Waals surface area contributed by atoms with Crippen molar-refractivity contribution >= 4 is 28.8 Å². The second kappa shape index (κ2) is 8.04. The van der Waals surface area contributed by atoms with Crippen LogP contribution < -0.4 is 14.8 Å². The number of methoxy groups -OCH3 is 2. The lowest BCUT2D eigenvalue weighted by atomic mass is 10.1. The minimum Gasteiger partial charge on any atom is -0.495 e. The molecule has 0 aliphatic heterocycles. The quantitative estimate of drug-likeness (QED) is 0.507. The Morgan fingerprint density at radius 1 is 1.03 bits per heavy atom. The van der Waals surface area contributed by atoms with Crippen LogP contribution in [0, 0.1) is 6.92 Å². The highest BCUT2D eigenvalue weighted by Gasteiger charge is 2.17. The zero-order valence-electron chi connectivity index (χ0n) is 16.6. The van der Waals surface area contributed by atoms with E-state index in [2.05, 4.69) is 15.4 Å². The number of nitrogens with one attached hydrogen (secondary N) is 1. The van der Waals surface area contributed by atoms with Crippen LogP contribution in [-0.2, 0) is 0 Å². The third-order valence-electron chi connectivity index (χ3n) is 4.63. The highest BCUT2D eigenvalue weighted by atomic mass is 35.5. The number of aryl methyl sites for hydroxylation is 1. The number of carbonyl (C=O) groups excluding carboxylic acids is 1. The van der Waals surface area contributed by atoms with E-state index in [1.54, 1.807) is 22.7 Å². The fourth-order valence-corrected chi connectivity index (χ4v) is 3.37. The first-order valence-electron chi connectivity index (χ1n) is 9.16. The number of anilines is 1. The van der Waals surface area contributed by atoms with E-state index >= 15 is 0 Å². The number of halogens is 1. The molecule has 2 heterocycles. The van der Waals surface area contributed by atoms with Crippen LogP contribution in [0.2, 0.25) is 5.02 Å². The van der Waals surface area contributed by atoms with Gasteiger partial charge in [0, 0.05) is 29.5 Å². The van der Waals surface area contributed by atoms with Gasteiger partial charge >= 0.3 is 0 Å². The van der Waals surface area contributed by atoms with E-state index in [-0.39, 0.29) is 5.69 Å². The molecule has 0 spiro atoms. The van der Waals surface area contributed by atoms with Gasteiger partial charge in [0.15, 0.2) is 11.3 Å². The fraction of sp³-hybridized carbons (Fsp3) is 0.136. The first-order valence-corrected chi connectivity index (χ1v) is 9.53. The summed E-state index contributed by atoms with van der Waals surface area (Å²) in [7, 11) is 3.00. The molecule has 0 saturated heterocycles. The predicted octanol–water partition coefficient (Wildman–Crippen LogP) is 4.63. The van der Waals surface area contributed by atoms with Gasteiger partial charge in [0.2, 0.25) is 0 Å². The fourth-order valence-electron chi connectivity index (χ4n) is 3.14. The summed E-state index contributed by atoms with van der Waals surface area (Å²) in [6.07, 6.45) is 0. The Morgan fingerprint density at radius 3 is 2.47 bits per heavy atom. The highest BCUT2D eigenvalue weighted by Crippen LogP contribution is 2.36. The van der Waals surface area contributed by atoms with Crippen LogP contribution in [0.4, 0.5) is 5.69 Å². The number of rotatable bonds is 5.